The van der Waals surface area contributed by atoms with E-state index in [2.05, 4.69) is 5.32 Å². The van der Waals surface area contributed by atoms with Gasteiger partial charge < -0.3 is 10.2 Å². The van der Waals surface area contributed by atoms with Gasteiger partial charge >= 0.3 is 6.18 Å². The van der Waals surface area contributed by atoms with E-state index in [1.165, 1.54) is 12.1 Å². The van der Waals surface area contributed by atoms with E-state index in [9.17, 15) is 22.8 Å². The summed E-state index contributed by atoms with van der Waals surface area (Å²) in [4.78, 5) is 27.5. The second-order valence-corrected chi connectivity index (χ2v) is 7.17. The molecule has 0 spiro atoms. The van der Waals surface area contributed by atoms with Gasteiger partial charge in [-0.15, -0.1) is 0 Å². The van der Waals surface area contributed by atoms with Gasteiger partial charge in [-0.25, -0.2) is 0 Å². The second-order valence-electron chi connectivity index (χ2n) is 7.17. The number of benzene rings is 1. The number of piperidine rings is 1. The third-order valence-electron chi connectivity index (χ3n) is 5.42. The van der Waals surface area contributed by atoms with Crippen LogP contribution in [0.15, 0.2) is 24.3 Å². The third kappa shape index (κ3) is 3.57. The normalized spacial score (nSPS) is 22.0. The lowest BCUT2D eigenvalue weighted by Gasteiger charge is -2.37. The molecule has 0 bridgehead atoms. The van der Waals surface area contributed by atoms with Crippen molar-refractivity contribution in [3.8, 4) is 0 Å². The minimum atomic E-state index is -4.42. The van der Waals surface area contributed by atoms with Crippen molar-refractivity contribution in [1.29, 1.82) is 0 Å². The Morgan fingerprint density at radius 3 is 2.38 bits per heavy atom. The second kappa shape index (κ2) is 6.93. The number of halogens is 3. The molecule has 1 N–H and O–H groups in total. The molecule has 1 saturated heterocycles. The highest BCUT2D eigenvalue weighted by Gasteiger charge is 2.58. The van der Waals surface area contributed by atoms with Crippen LogP contribution in [0.25, 0.3) is 0 Å². The molecule has 1 aromatic rings. The quantitative estimate of drug-likeness (QED) is 0.809. The van der Waals surface area contributed by atoms with Crippen LogP contribution in [-0.4, -0.2) is 29.3 Å². The maximum absolute atomic E-state index is 13.0. The lowest BCUT2D eigenvalue weighted by Crippen LogP contribution is -2.49. The largest absolute Gasteiger partial charge is 0.416 e. The fraction of sp³-hybridized carbons (Fsp3) is 0.579. The molecule has 142 valence electrons. The molecular weight excluding hydrogens is 345 g/mol. The van der Waals surface area contributed by atoms with Gasteiger partial charge in [-0.1, -0.05) is 6.92 Å². The molecule has 1 aliphatic carbocycles. The van der Waals surface area contributed by atoms with Crippen LogP contribution in [0.4, 0.5) is 18.9 Å². The molecule has 7 heteroatoms. The molecule has 2 fully saturated rings. The van der Waals surface area contributed by atoms with Gasteiger partial charge in [-0.2, -0.15) is 13.2 Å². The van der Waals surface area contributed by atoms with Crippen molar-refractivity contribution in [3.63, 3.8) is 0 Å². The smallest absolute Gasteiger partial charge is 0.339 e. The molecule has 0 aromatic heterocycles. The monoisotopic (exact) mass is 368 g/mol. The number of anilines is 1. The van der Waals surface area contributed by atoms with E-state index in [1.54, 1.807) is 0 Å². The van der Waals surface area contributed by atoms with E-state index in [4.69, 9.17) is 0 Å². The number of hydrogen-bond acceptors (Lipinski definition) is 2. The number of carbonyl (C=O) groups excluding carboxylic acids is 2. The minimum Gasteiger partial charge on any atom is -0.339 e. The summed E-state index contributed by atoms with van der Waals surface area (Å²) < 4.78 is 37.9. The Morgan fingerprint density at radius 2 is 1.85 bits per heavy atom. The zero-order valence-corrected chi connectivity index (χ0v) is 14.7. The van der Waals surface area contributed by atoms with Gasteiger partial charge in [-0.05, 0) is 62.8 Å². The lowest BCUT2D eigenvalue weighted by atomic mass is 9.95. The van der Waals surface area contributed by atoms with Gasteiger partial charge in [0.2, 0.25) is 11.8 Å². The number of nitrogens with one attached hydrogen (secondary N) is 1. The highest BCUT2D eigenvalue weighted by Crippen LogP contribution is 2.49. The average Bonchev–Trinajstić information content (AvgIpc) is 3.42. The van der Waals surface area contributed by atoms with E-state index in [0.29, 0.717) is 19.4 Å². The van der Waals surface area contributed by atoms with Gasteiger partial charge in [0, 0.05) is 18.3 Å². The molecule has 2 aliphatic rings. The van der Waals surface area contributed by atoms with E-state index in [1.807, 2.05) is 11.8 Å². The first-order valence-corrected chi connectivity index (χ1v) is 9.08. The zero-order chi connectivity index (χ0) is 18.9. The summed E-state index contributed by atoms with van der Waals surface area (Å²) in [5.74, 6) is -0.545. The van der Waals surface area contributed by atoms with Crippen LogP contribution >= 0.6 is 0 Å². The summed E-state index contributed by atoms with van der Waals surface area (Å²) in [5.41, 5.74) is -1.55. The minimum absolute atomic E-state index is 0.131. The van der Waals surface area contributed by atoms with Crippen LogP contribution in [0.2, 0.25) is 0 Å². The molecule has 1 saturated carbocycles. The molecule has 3 rings (SSSR count). The van der Waals surface area contributed by atoms with Crippen molar-refractivity contribution in [1.82, 2.24) is 4.90 Å². The lowest BCUT2D eigenvalue weighted by molar-refractivity contribution is -0.145. The van der Waals surface area contributed by atoms with Gasteiger partial charge in [0.15, 0.2) is 0 Å². The summed E-state index contributed by atoms with van der Waals surface area (Å²) >= 11 is 0. The first-order valence-electron chi connectivity index (χ1n) is 9.08. The van der Waals surface area contributed by atoms with Crippen LogP contribution in [-0.2, 0) is 15.8 Å². The molecule has 1 atom stereocenters. The summed E-state index contributed by atoms with van der Waals surface area (Å²) in [7, 11) is 0. The van der Waals surface area contributed by atoms with Gasteiger partial charge in [0.25, 0.3) is 0 Å². The Bertz CT molecular complexity index is 681. The van der Waals surface area contributed by atoms with Gasteiger partial charge in [-0.3, -0.25) is 9.59 Å². The van der Waals surface area contributed by atoms with Crippen LogP contribution in [0, 0.1) is 5.41 Å². The molecule has 2 amide bonds. The maximum Gasteiger partial charge on any atom is 0.416 e. The summed E-state index contributed by atoms with van der Waals surface area (Å²) in [5, 5.41) is 2.62. The Hall–Kier alpha value is -2.05. The van der Waals surface area contributed by atoms with Crippen LogP contribution in [0.1, 0.15) is 51.0 Å². The fourth-order valence-corrected chi connectivity index (χ4v) is 3.62. The standard InChI is InChI=1S/C19H23F3N2O2/c1-2-15-5-3-4-12-24(15)17(26)18(10-11-18)16(25)23-14-8-6-13(7-9-14)19(20,21)22/h6-9,15H,2-5,10-12H2,1H3,(H,23,25). The van der Waals surface area contributed by atoms with Crippen molar-refractivity contribution < 1.29 is 22.8 Å². The van der Waals surface area contributed by atoms with Crippen LogP contribution < -0.4 is 5.32 Å². The number of rotatable bonds is 4. The first-order chi connectivity index (χ1) is 12.3. The summed E-state index contributed by atoms with van der Waals surface area (Å²) in [6, 6.07) is 4.46. The predicted molar refractivity (Wildman–Crippen MR) is 91.4 cm³/mol. The van der Waals surface area contributed by atoms with Crippen molar-refractivity contribution in [2.45, 2.75) is 57.7 Å². The Morgan fingerprint density at radius 1 is 1.19 bits per heavy atom. The highest BCUT2D eigenvalue weighted by atomic mass is 19.4. The fourth-order valence-electron chi connectivity index (χ4n) is 3.62. The average molecular weight is 368 g/mol. The Kier molecular flexibility index (Phi) is 4.99. The Balaban J connectivity index is 1.70. The topological polar surface area (TPSA) is 49.4 Å². The molecular formula is C19H23F3N2O2. The van der Waals surface area contributed by atoms with Crippen molar-refractivity contribution in [2.75, 3.05) is 11.9 Å². The van der Waals surface area contributed by atoms with E-state index in [0.717, 1.165) is 37.8 Å². The van der Waals surface area contributed by atoms with E-state index < -0.39 is 23.1 Å². The van der Waals surface area contributed by atoms with E-state index >= 15 is 0 Å². The Labute approximate surface area is 150 Å². The predicted octanol–water partition coefficient (Wildman–Crippen LogP) is 4.22. The number of nitrogens with zero attached hydrogens (tertiary/aromatic N) is 1. The maximum atomic E-state index is 13.0. The van der Waals surface area contributed by atoms with Crippen molar-refractivity contribution in [3.05, 3.63) is 29.8 Å². The molecule has 1 aliphatic heterocycles. The SMILES string of the molecule is CCC1CCCCN1C(=O)C1(C(=O)Nc2ccc(C(F)(F)F)cc2)CC1. The molecule has 26 heavy (non-hydrogen) atoms. The van der Waals surface area contributed by atoms with Crippen LogP contribution in [0.3, 0.4) is 0 Å². The van der Waals surface area contributed by atoms with Gasteiger partial charge in [0.05, 0.1) is 5.56 Å². The molecule has 4 nitrogen and oxygen atoms in total. The number of likely N-dealkylation sites (tertiary alicyclic amines) is 1. The number of alkyl halides is 3. The number of hydrogen-bond donors (Lipinski definition) is 1. The zero-order valence-electron chi connectivity index (χ0n) is 14.7. The molecule has 1 aromatic carbocycles. The first kappa shape index (κ1) is 18.7. The van der Waals surface area contributed by atoms with Crippen molar-refractivity contribution >= 4 is 17.5 Å². The summed E-state index contributed by atoms with van der Waals surface area (Å²) in [6.45, 7) is 2.71. The third-order valence-corrected chi connectivity index (χ3v) is 5.42. The number of carbonyl (C=O) groups is 2. The molecule has 1 unspecified atom stereocenters. The van der Waals surface area contributed by atoms with Crippen molar-refractivity contribution in [2.24, 2.45) is 5.41 Å². The van der Waals surface area contributed by atoms with E-state index in [-0.39, 0.29) is 17.6 Å². The van der Waals surface area contributed by atoms with Gasteiger partial charge in [0.1, 0.15) is 5.41 Å². The summed E-state index contributed by atoms with van der Waals surface area (Å²) in [6.07, 6.45) is 0.420. The highest BCUT2D eigenvalue weighted by molar-refractivity contribution is 6.13. The number of amides is 2. The van der Waals surface area contributed by atoms with Crippen LogP contribution in [0.5, 0.6) is 0 Å². The molecule has 1 heterocycles. The molecule has 0 radical (unpaired) electrons.